The maximum atomic E-state index is 13.2. The van der Waals surface area contributed by atoms with Gasteiger partial charge in [0.05, 0.1) is 4.92 Å². The third-order valence-electron chi connectivity index (χ3n) is 3.73. The van der Waals surface area contributed by atoms with Crippen molar-refractivity contribution in [2.75, 3.05) is 5.32 Å². The Balaban J connectivity index is 1.73. The standard InChI is InChI=1S/C16H12FN3O2/c17-12-3-1-2-10(6-12)14-8-15(14)19-13-4-5-16(20(21)22)11(7-13)9-18/h1-7,14-15,19H,8H2/t14-,15+/m0/s1. The smallest absolute Gasteiger partial charge is 0.287 e. The fourth-order valence-electron chi connectivity index (χ4n) is 2.55. The first-order valence-corrected chi connectivity index (χ1v) is 6.79. The predicted molar refractivity (Wildman–Crippen MR) is 79.0 cm³/mol. The molecule has 3 rings (SSSR count). The van der Waals surface area contributed by atoms with Gasteiger partial charge in [-0.05, 0) is 36.2 Å². The van der Waals surface area contributed by atoms with Crippen molar-refractivity contribution in [3.8, 4) is 6.07 Å². The van der Waals surface area contributed by atoms with Gasteiger partial charge in [0.2, 0.25) is 0 Å². The molecule has 0 spiro atoms. The van der Waals surface area contributed by atoms with E-state index in [9.17, 15) is 14.5 Å². The van der Waals surface area contributed by atoms with Crippen LogP contribution in [0.1, 0.15) is 23.5 Å². The summed E-state index contributed by atoms with van der Waals surface area (Å²) >= 11 is 0. The van der Waals surface area contributed by atoms with Crippen LogP contribution in [0.15, 0.2) is 42.5 Å². The normalized spacial score (nSPS) is 19.3. The second kappa shape index (κ2) is 5.45. The summed E-state index contributed by atoms with van der Waals surface area (Å²) in [5.41, 5.74) is 1.41. The highest BCUT2D eigenvalue weighted by atomic mass is 19.1. The van der Waals surface area contributed by atoms with Crippen LogP contribution < -0.4 is 5.32 Å². The van der Waals surface area contributed by atoms with Crippen molar-refractivity contribution >= 4 is 11.4 Å². The predicted octanol–water partition coefficient (Wildman–Crippen LogP) is 3.57. The molecule has 1 saturated carbocycles. The number of nitrogens with one attached hydrogen (secondary N) is 1. The molecule has 5 nitrogen and oxygen atoms in total. The van der Waals surface area contributed by atoms with Crippen molar-refractivity contribution in [1.29, 1.82) is 5.26 Å². The van der Waals surface area contributed by atoms with Crippen LogP contribution in [0.2, 0.25) is 0 Å². The van der Waals surface area contributed by atoms with Gasteiger partial charge in [0.1, 0.15) is 17.4 Å². The van der Waals surface area contributed by atoms with Crippen molar-refractivity contribution in [2.45, 2.75) is 18.4 Å². The van der Waals surface area contributed by atoms with E-state index in [1.54, 1.807) is 12.1 Å². The van der Waals surface area contributed by atoms with E-state index in [1.807, 2.05) is 12.1 Å². The summed E-state index contributed by atoms with van der Waals surface area (Å²) in [6.45, 7) is 0. The molecular formula is C16H12FN3O2. The summed E-state index contributed by atoms with van der Waals surface area (Å²) in [6.07, 6.45) is 0.863. The average molecular weight is 297 g/mol. The summed E-state index contributed by atoms with van der Waals surface area (Å²) < 4.78 is 13.2. The lowest BCUT2D eigenvalue weighted by Gasteiger charge is -2.07. The third kappa shape index (κ3) is 2.74. The molecule has 2 aromatic carbocycles. The number of nitriles is 1. The minimum absolute atomic E-state index is 0.0259. The zero-order valence-corrected chi connectivity index (χ0v) is 11.5. The Morgan fingerprint density at radius 1 is 1.32 bits per heavy atom. The first-order chi connectivity index (χ1) is 10.6. The van der Waals surface area contributed by atoms with Crippen LogP contribution >= 0.6 is 0 Å². The number of anilines is 1. The van der Waals surface area contributed by atoms with Crippen LogP contribution in [0.4, 0.5) is 15.8 Å². The van der Waals surface area contributed by atoms with Gasteiger partial charge in [-0.1, -0.05) is 12.1 Å². The van der Waals surface area contributed by atoms with E-state index < -0.39 is 4.92 Å². The number of nitrogens with zero attached hydrogens (tertiary/aromatic N) is 2. The summed E-state index contributed by atoms with van der Waals surface area (Å²) in [4.78, 5) is 10.2. The molecule has 1 N–H and O–H groups in total. The Hall–Kier alpha value is -2.94. The van der Waals surface area contributed by atoms with Crippen molar-refractivity contribution in [3.05, 3.63) is 69.5 Å². The fraction of sp³-hybridized carbons (Fsp3) is 0.188. The maximum absolute atomic E-state index is 13.2. The highest BCUT2D eigenvalue weighted by Crippen LogP contribution is 2.43. The van der Waals surface area contributed by atoms with Crippen LogP contribution in [0.25, 0.3) is 0 Å². The molecule has 0 heterocycles. The Kier molecular flexibility index (Phi) is 3.47. The van der Waals surface area contributed by atoms with Crippen LogP contribution in [-0.2, 0) is 0 Å². The largest absolute Gasteiger partial charge is 0.382 e. The van der Waals surface area contributed by atoms with Crippen molar-refractivity contribution < 1.29 is 9.31 Å². The summed E-state index contributed by atoms with van der Waals surface area (Å²) in [6, 6.07) is 12.8. The number of benzene rings is 2. The quantitative estimate of drug-likeness (QED) is 0.691. The number of nitro benzene ring substituents is 1. The van der Waals surface area contributed by atoms with Crippen LogP contribution in [-0.4, -0.2) is 11.0 Å². The second-order valence-electron chi connectivity index (χ2n) is 5.25. The zero-order chi connectivity index (χ0) is 15.7. The summed E-state index contributed by atoms with van der Waals surface area (Å²) in [7, 11) is 0. The SMILES string of the molecule is N#Cc1cc(N[C@@H]2C[C@H]2c2cccc(F)c2)ccc1[N+](=O)[O-]. The molecule has 0 amide bonds. The van der Waals surface area contributed by atoms with E-state index in [1.165, 1.54) is 24.3 Å². The molecule has 110 valence electrons. The highest BCUT2D eigenvalue weighted by Gasteiger charge is 2.38. The van der Waals surface area contributed by atoms with E-state index in [2.05, 4.69) is 5.32 Å². The average Bonchev–Trinajstić information content (AvgIpc) is 3.26. The summed E-state index contributed by atoms with van der Waals surface area (Å²) in [5, 5.41) is 23.0. The molecule has 0 unspecified atom stereocenters. The lowest BCUT2D eigenvalue weighted by molar-refractivity contribution is -0.385. The Labute approximate surface area is 126 Å². The number of nitro groups is 1. The molecular weight excluding hydrogens is 285 g/mol. The lowest BCUT2D eigenvalue weighted by Crippen LogP contribution is -2.05. The van der Waals surface area contributed by atoms with Gasteiger partial charge in [-0.25, -0.2) is 4.39 Å². The Morgan fingerprint density at radius 2 is 2.14 bits per heavy atom. The molecule has 2 aromatic rings. The van der Waals surface area contributed by atoms with Gasteiger partial charge in [-0.2, -0.15) is 5.26 Å². The van der Waals surface area contributed by atoms with E-state index in [4.69, 9.17) is 5.26 Å². The fourth-order valence-corrected chi connectivity index (χ4v) is 2.55. The minimum atomic E-state index is -0.574. The van der Waals surface area contributed by atoms with E-state index >= 15 is 0 Å². The van der Waals surface area contributed by atoms with Crippen LogP contribution in [0.5, 0.6) is 0 Å². The number of hydrogen-bond acceptors (Lipinski definition) is 4. The molecule has 0 radical (unpaired) electrons. The first kappa shape index (κ1) is 14.0. The number of rotatable bonds is 4. The lowest BCUT2D eigenvalue weighted by atomic mass is 10.1. The molecule has 2 atom stereocenters. The molecule has 1 fully saturated rings. The van der Waals surface area contributed by atoms with Gasteiger partial charge in [0, 0.05) is 23.7 Å². The molecule has 0 saturated heterocycles. The third-order valence-corrected chi connectivity index (χ3v) is 3.73. The van der Waals surface area contributed by atoms with Gasteiger partial charge in [-0.3, -0.25) is 10.1 Å². The highest BCUT2D eigenvalue weighted by molar-refractivity contribution is 5.59. The van der Waals surface area contributed by atoms with E-state index in [0.717, 1.165) is 12.0 Å². The molecule has 6 heteroatoms. The Morgan fingerprint density at radius 3 is 2.82 bits per heavy atom. The van der Waals surface area contributed by atoms with Gasteiger partial charge >= 0.3 is 0 Å². The van der Waals surface area contributed by atoms with Gasteiger partial charge in [-0.15, -0.1) is 0 Å². The number of halogens is 1. The monoisotopic (exact) mass is 297 g/mol. The van der Waals surface area contributed by atoms with Crippen molar-refractivity contribution in [2.24, 2.45) is 0 Å². The van der Waals surface area contributed by atoms with Crippen molar-refractivity contribution in [1.82, 2.24) is 0 Å². The van der Waals surface area contributed by atoms with Gasteiger partial charge < -0.3 is 5.32 Å². The first-order valence-electron chi connectivity index (χ1n) is 6.79. The van der Waals surface area contributed by atoms with Gasteiger partial charge in [0.15, 0.2) is 0 Å². The van der Waals surface area contributed by atoms with E-state index in [-0.39, 0.29) is 29.0 Å². The summed E-state index contributed by atoms with van der Waals surface area (Å²) in [5.74, 6) is -0.0401. The van der Waals surface area contributed by atoms with E-state index in [0.29, 0.717) is 5.69 Å². The topological polar surface area (TPSA) is 79.0 Å². The zero-order valence-electron chi connectivity index (χ0n) is 11.5. The maximum Gasteiger partial charge on any atom is 0.287 e. The van der Waals surface area contributed by atoms with Crippen LogP contribution in [0, 0.1) is 27.3 Å². The number of hydrogen-bond donors (Lipinski definition) is 1. The van der Waals surface area contributed by atoms with Crippen molar-refractivity contribution in [3.63, 3.8) is 0 Å². The molecule has 1 aliphatic carbocycles. The molecule has 1 aliphatic rings. The minimum Gasteiger partial charge on any atom is -0.382 e. The molecule has 0 aliphatic heterocycles. The van der Waals surface area contributed by atoms with Crippen LogP contribution in [0.3, 0.4) is 0 Å². The second-order valence-corrected chi connectivity index (χ2v) is 5.25. The molecule has 0 bridgehead atoms. The molecule has 0 aromatic heterocycles. The Bertz CT molecular complexity index is 785. The molecule has 22 heavy (non-hydrogen) atoms. The van der Waals surface area contributed by atoms with Gasteiger partial charge in [0.25, 0.3) is 5.69 Å².